The van der Waals surface area contributed by atoms with Gasteiger partial charge in [0.25, 0.3) is 5.91 Å². The smallest absolute Gasteiger partial charge is 0.325 e. The van der Waals surface area contributed by atoms with Gasteiger partial charge in [0.2, 0.25) is 5.91 Å². The highest BCUT2D eigenvalue weighted by atomic mass is 35.5. The van der Waals surface area contributed by atoms with Crippen molar-refractivity contribution in [1.29, 1.82) is 0 Å². The van der Waals surface area contributed by atoms with Crippen molar-refractivity contribution in [3.05, 3.63) is 34.9 Å². The summed E-state index contributed by atoms with van der Waals surface area (Å²) in [6, 6.07) is 5.12. The van der Waals surface area contributed by atoms with Crippen LogP contribution in [0.5, 0.6) is 0 Å². The lowest BCUT2D eigenvalue weighted by molar-refractivity contribution is -0.134. The molecule has 0 saturated carbocycles. The van der Waals surface area contributed by atoms with Gasteiger partial charge in [-0.1, -0.05) is 37.1 Å². The number of nitrogens with one attached hydrogen (secondary N) is 3. The third-order valence-corrected chi connectivity index (χ3v) is 4.32. The summed E-state index contributed by atoms with van der Waals surface area (Å²) in [6.07, 6.45) is 1.69. The van der Waals surface area contributed by atoms with Crippen molar-refractivity contribution < 1.29 is 19.2 Å². The van der Waals surface area contributed by atoms with Gasteiger partial charge in [-0.2, -0.15) is 0 Å². The van der Waals surface area contributed by atoms with Crippen LogP contribution in [-0.2, 0) is 15.1 Å². The fourth-order valence-electron chi connectivity index (χ4n) is 2.55. The van der Waals surface area contributed by atoms with Gasteiger partial charge < -0.3 is 10.6 Å². The first-order chi connectivity index (χ1) is 12.3. The van der Waals surface area contributed by atoms with Crippen LogP contribution in [0.3, 0.4) is 0 Å². The summed E-state index contributed by atoms with van der Waals surface area (Å²) in [6.45, 7) is 3.41. The third kappa shape index (κ3) is 4.32. The van der Waals surface area contributed by atoms with Gasteiger partial charge in [-0.05, 0) is 31.0 Å². The summed E-state index contributed by atoms with van der Waals surface area (Å²) in [7, 11) is 0. The lowest BCUT2D eigenvalue weighted by atomic mass is 9.92. The molecule has 1 atom stereocenters. The molecular formula is C17H21ClN4O4. The monoisotopic (exact) mass is 380 g/mol. The molecule has 1 fully saturated rings. The molecule has 8 nitrogen and oxygen atoms in total. The average molecular weight is 381 g/mol. The zero-order valence-corrected chi connectivity index (χ0v) is 15.4. The van der Waals surface area contributed by atoms with Gasteiger partial charge in [0, 0.05) is 11.6 Å². The summed E-state index contributed by atoms with van der Waals surface area (Å²) in [5.41, 5.74) is -0.758. The second kappa shape index (κ2) is 8.18. The maximum absolute atomic E-state index is 12.7. The lowest BCUT2D eigenvalue weighted by Gasteiger charge is -2.22. The molecular weight excluding hydrogens is 360 g/mol. The molecule has 0 bridgehead atoms. The van der Waals surface area contributed by atoms with Crippen LogP contribution >= 0.6 is 11.6 Å². The number of benzene rings is 1. The summed E-state index contributed by atoms with van der Waals surface area (Å²) >= 11 is 5.85. The number of urea groups is 2. The molecule has 0 aliphatic carbocycles. The van der Waals surface area contributed by atoms with Gasteiger partial charge in [0.15, 0.2) is 0 Å². The lowest BCUT2D eigenvalue weighted by Crippen LogP contribution is -2.47. The largest absolute Gasteiger partial charge is 0.338 e. The molecule has 26 heavy (non-hydrogen) atoms. The average Bonchev–Trinajstić information content (AvgIpc) is 2.80. The maximum Gasteiger partial charge on any atom is 0.325 e. The Balaban J connectivity index is 2.01. The van der Waals surface area contributed by atoms with Gasteiger partial charge in [0.05, 0.1) is 0 Å². The van der Waals surface area contributed by atoms with Crippen molar-refractivity contribution in [2.75, 3.05) is 13.1 Å². The predicted molar refractivity (Wildman–Crippen MR) is 95.5 cm³/mol. The Kier molecular flexibility index (Phi) is 6.20. The number of nitrogens with zero attached hydrogens (tertiary/aromatic N) is 1. The van der Waals surface area contributed by atoms with Gasteiger partial charge in [0.1, 0.15) is 12.1 Å². The molecule has 0 spiro atoms. The number of carbonyl (C=O) groups is 4. The fourth-order valence-corrected chi connectivity index (χ4v) is 2.68. The van der Waals surface area contributed by atoms with Crippen LogP contribution in [0.1, 0.15) is 32.3 Å². The van der Waals surface area contributed by atoms with Crippen LogP contribution in [0.25, 0.3) is 0 Å². The van der Waals surface area contributed by atoms with Crippen LogP contribution in [0, 0.1) is 0 Å². The quantitative estimate of drug-likeness (QED) is 0.516. The van der Waals surface area contributed by atoms with Crippen LogP contribution in [0.2, 0.25) is 5.02 Å². The van der Waals surface area contributed by atoms with Crippen LogP contribution in [0.15, 0.2) is 24.3 Å². The topological polar surface area (TPSA) is 108 Å². The summed E-state index contributed by atoms with van der Waals surface area (Å²) in [4.78, 5) is 49.2. The zero-order chi connectivity index (χ0) is 19.3. The Morgan fingerprint density at radius 3 is 2.50 bits per heavy atom. The molecule has 0 aromatic heterocycles. The summed E-state index contributed by atoms with van der Waals surface area (Å²) in [5, 5.41) is 7.70. The molecule has 2 rings (SSSR count). The maximum atomic E-state index is 12.7. The Morgan fingerprint density at radius 1 is 1.23 bits per heavy atom. The number of carbonyl (C=O) groups excluding carboxylic acids is 4. The van der Waals surface area contributed by atoms with Crippen LogP contribution < -0.4 is 16.0 Å². The first kappa shape index (κ1) is 19.7. The highest BCUT2D eigenvalue weighted by Crippen LogP contribution is 2.29. The number of unbranched alkanes of at least 4 members (excludes halogenated alkanes) is 1. The first-order valence-electron chi connectivity index (χ1n) is 8.25. The van der Waals surface area contributed by atoms with E-state index in [1.807, 2.05) is 6.92 Å². The Hall–Kier alpha value is -2.61. The highest BCUT2D eigenvalue weighted by molar-refractivity contribution is 6.30. The van der Waals surface area contributed by atoms with Gasteiger partial charge in [-0.15, -0.1) is 0 Å². The van der Waals surface area contributed by atoms with Crippen molar-refractivity contribution in [3.63, 3.8) is 0 Å². The standard InChI is InChI=1S/C17H21ClN4O4/c1-3-4-9-19-15(25)20-13(23)10-22-14(24)17(2,21-16(22)26)11-5-7-12(18)8-6-11/h5-8H,3-4,9-10H2,1-2H3,(H,21,26)(H2,19,20,23,25)/t17-/m0/s1. The molecule has 1 aliphatic heterocycles. The molecule has 1 heterocycles. The molecule has 1 aromatic rings. The number of hydrogen-bond donors (Lipinski definition) is 3. The number of rotatable bonds is 6. The van der Waals surface area contributed by atoms with Crippen LogP contribution in [0.4, 0.5) is 9.59 Å². The molecule has 0 unspecified atom stereocenters. The molecule has 1 aliphatic rings. The van der Waals surface area contributed by atoms with Crippen molar-refractivity contribution >= 4 is 35.5 Å². The van der Waals surface area contributed by atoms with Gasteiger partial charge >= 0.3 is 12.1 Å². The minimum absolute atomic E-state index is 0.438. The molecule has 3 N–H and O–H groups in total. The minimum Gasteiger partial charge on any atom is -0.338 e. The zero-order valence-electron chi connectivity index (χ0n) is 14.6. The summed E-state index contributed by atoms with van der Waals surface area (Å²) < 4.78 is 0. The van der Waals surface area contributed by atoms with E-state index in [9.17, 15) is 19.2 Å². The molecule has 9 heteroatoms. The molecule has 1 aromatic carbocycles. The highest BCUT2D eigenvalue weighted by Gasteiger charge is 2.49. The molecule has 0 radical (unpaired) electrons. The number of amides is 6. The van der Waals surface area contributed by atoms with E-state index in [2.05, 4.69) is 16.0 Å². The SMILES string of the molecule is CCCCNC(=O)NC(=O)CN1C(=O)N[C@@](C)(c2ccc(Cl)cc2)C1=O. The Morgan fingerprint density at radius 2 is 1.88 bits per heavy atom. The Labute approximate surface area is 156 Å². The van der Waals surface area contributed by atoms with Crippen molar-refractivity contribution in [3.8, 4) is 0 Å². The van der Waals surface area contributed by atoms with E-state index >= 15 is 0 Å². The van der Waals surface area contributed by atoms with Gasteiger partial charge in [-0.3, -0.25) is 19.8 Å². The molecule has 6 amide bonds. The van der Waals surface area contributed by atoms with E-state index in [0.717, 1.165) is 17.7 Å². The van der Waals surface area contributed by atoms with Crippen LogP contribution in [-0.4, -0.2) is 41.9 Å². The van der Waals surface area contributed by atoms with E-state index in [1.54, 1.807) is 31.2 Å². The van der Waals surface area contributed by atoms with E-state index in [0.29, 0.717) is 17.1 Å². The van der Waals surface area contributed by atoms with Crippen molar-refractivity contribution in [2.45, 2.75) is 32.2 Å². The number of hydrogen-bond acceptors (Lipinski definition) is 4. The summed E-state index contributed by atoms with van der Waals surface area (Å²) in [5.74, 6) is -1.32. The molecule has 140 valence electrons. The number of halogens is 1. The number of imide groups is 2. The normalized spacial score (nSPS) is 19.3. The van der Waals surface area contributed by atoms with E-state index < -0.39 is 36.0 Å². The third-order valence-electron chi connectivity index (χ3n) is 4.07. The van der Waals surface area contributed by atoms with E-state index in [-0.39, 0.29) is 0 Å². The second-order valence-electron chi connectivity index (χ2n) is 6.11. The van der Waals surface area contributed by atoms with E-state index in [4.69, 9.17) is 11.6 Å². The van der Waals surface area contributed by atoms with Crippen molar-refractivity contribution in [1.82, 2.24) is 20.9 Å². The predicted octanol–water partition coefficient (Wildman–Crippen LogP) is 1.73. The minimum atomic E-state index is -1.30. The Bertz CT molecular complexity index is 722. The molecule has 1 saturated heterocycles. The first-order valence-corrected chi connectivity index (χ1v) is 8.63. The fraction of sp³-hybridized carbons (Fsp3) is 0.412. The van der Waals surface area contributed by atoms with Crippen molar-refractivity contribution in [2.24, 2.45) is 0 Å². The van der Waals surface area contributed by atoms with Gasteiger partial charge in [-0.25, -0.2) is 9.59 Å². The van der Waals surface area contributed by atoms with E-state index in [1.165, 1.54) is 0 Å². The second-order valence-corrected chi connectivity index (χ2v) is 6.55.